The number of hydrogen-bond acceptors (Lipinski definition) is 0. The molecule has 178 valence electrons. The molecule has 0 radical (unpaired) electrons. The lowest BCUT2D eigenvalue weighted by Gasteiger charge is -2.18. The van der Waals surface area contributed by atoms with Gasteiger partial charge in [0, 0.05) is 0 Å². The van der Waals surface area contributed by atoms with Crippen LogP contribution in [0.15, 0.2) is 134 Å². The summed E-state index contributed by atoms with van der Waals surface area (Å²) in [5, 5.41) is 9.90. The second-order valence-electron chi connectivity index (χ2n) is 9.85. The molecule has 0 nitrogen and oxygen atoms in total. The third kappa shape index (κ3) is 3.46. The fourth-order valence-corrected chi connectivity index (χ4v) is 5.92. The zero-order valence-electron chi connectivity index (χ0n) is 21.1. The summed E-state index contributed by atoms with van der Waals surface area (Å²) in [5.74, 6) is 0. The minimum atomic E-state index is 1.11. The Bertz CT molecular complexity index is 2060. The molecule has 0 N–H and O–H groups in total. The van der Waals surface area contributed by atoms with Crippen molar-refractivity contribution < 1.29 is 0 Å². The highest BCUT2D eigenvalue weighted by Crippen LogP contribution is 2.42. The van der Waals surface area contributed by atoms with Crippen LogP contribution in [0.3, 0.4) is 0 Å². The fourth-order valence-electron chi connectivity index (χ4n) is 5.92. The molecule has 0 bridgehead atoms. The first-order chi connectivity index (χ1) is 18.7. The lowest BCUT2D eigenvalue weighted by molar-refractivity contribution is 1.62. The van der Waals surface area contributed by atoms with Crippen LogP contribution in [0.2, 0.25) is 0 Å². The summed E-state index contributed by atoms with van der Waals surface area (Å²) < 4.78 is 0. The van der Waals surface area contributed by atoms with E-state index in [1.807, 2.05) is 12.2 Å². The lowest BCUT2D eigenvalue weighted by atomic mass is 9.85. The normalized spacial score (nSPS) is 11.4. The van der Waals surface area contributed by atoms with Gasteiger partial charge in [-0.3, -0.25) is 0 Å². The summed E-state index contributed by atoms with van der Waals surface area (Å²) in [6.45, 7) is 8.47. The van der Waals surface area contributed by atoms with Crippen LogP contribution in [0.1, 0.15) is 11.1 Å². The molecule has 0 aromatic heterocycles. The van der Waals surface area contributed by atoms with Crippen molar-refractivity contribution in [2.24, 2.45) is 0 Å². The molecular formula is C38H26. The van der Waals surface area contributed by atoms with Crippen molar-refractivity contribution in [1.82, 2.24) is 0 Å². The largest absolute Gasteiger partial charge is 0.0984 e. The molecule has 0 aliphatic carbocycles. The van der Waals surface area contributed by atoms with E-state index in [1.165, 1.54) is 65.3 Å². The Morgan fingerprint density at radius 2 is 0.868 bits per heavy atom. The van der Waals surface area contributed by atoms with Crippen molar-refractivity contribution in [3.8, 4) is 22.3 Å². The third-order valence-electron chi connectivity index (χ3n) is 7.77. The van der Waals surface area contributed by atoms with E-state index in [2.05, 4.69) is 134 Å². The predicted molar refractivity (Wildman–Crippen MR) is 168 cm³/mol. The molecule has 0 unspecified atom stereocenters. The second kappa shape index (κ2) is 8.87. The first-order valence-corrected chi connectivity index (χ1v) is 13.0. The SMILES string of the molecule is C=Cc1c(-c2ccc3ccccc3c2)cc2c(cc(-c3ccc4ccccc4c3)c3ccccc32)c1C=C. The smallest absolute Gasteiger partial charge is 0.00923 e. The summed E-state index contributed by atoms with van der Waals surface area (Å²) in [6, 6.07) is 44.0. The Balaban J connectivity index is 1.57. The molecule has 0 spiro atoms. The first-order valence-electron chi connectivity index (χ1n) is 13.0. The molecule has 7 rings (SSSR count). The molecule has 0 fully saturated rings. The van der Waals surface area contributed by atoms with Gasteiger partial charge in [0.05, 0.1) is 0 Å². The highest BCUT2D eigenvalue weighted by molar-refractivity contribution is 6.18. The molecule has 0 amide bonds. The zero-order valence-corrected chi connectivity index (χ0v) is 21.1. The van der Waals surface area contributed by atoms with E-state index in [4.69, 9.17) is 0 Å². The standard InChI is InChI=1S/C38H26/c1-3-31-32(4-2)37-24-36(30-20-18-26-12-6-8-14-28(26)22-30)33-15-9-10-16-34(33)38(37)23-35(31)29-19-17-25-11-5-7-13-27(25)21-29/h3-24H,1-2H2. The van der Waals surface area contributed by atoms with Crippen LogP contribution >= 0.6 is 0 Å². The molecule has 0 aliphatic rings. The number of hydrogen-bond donors (Lipinski definition) is 0. The molecular weight excluding hydrogens is 456 g/mol. The molecule has 0 saturated carbocycles. The lowest BCUT2D eigenvalue weighted by Crippen LogP contribution is -1.93. The van der Waals surface area contributed by atoms with Gasteiger partial charge in [-0.15, -0.1) is 0 Å². The van der Waals surface area contributed by atoms with Gasteiger partial charge in [-0.05, 0) is 101 Å². The molecule has 0 atom stereocenters. The van der Waals surface area contributed by atoms with Gasteiger partial charge in [0.2, 0.25) is 0 Å². The first kappa shape index (κ1) is 22.3. The Kier molecular flexibility index (Phi) is 5.20. The molecule has 7 aromatic rings. The van der Waals surface area contributed by atoms with Gasteiger partial charge in [0.15, 0.2) is 0 Å². The summed E-state index contributed by atoms with van der Waals surface area (Å²) >= 11 is 0. The van der Waals surface area contributed by atoms with E-state index in [0.717, 1.165) is 11.1 Å². The van der Waals surface area contributed by atoms with Gasteiger partial charge >= 0.3 is 0 Å². The Labute approximate surface area is 222 Å². The summed E-state index contributed by atoms with van der Waals surface area (Å²) in [7, 11) is 0. The van der Waals surface area contributed by atoms with Crippen LogP contribution in [-0.2, 0) is 0 Å². The van der Waals surface area contributed by atoms with Crippen LogP contribution in [0.4, 0.5) is 0 Å². The Morgan fingerprint density at radius 3 is 1.47 bits per heavy atom. The Hall–Kier alpha value is -4.94. The Morgan fingerprint density at radius 1 is 0.368 bits per heavy atom. The van der Waals surface area contributed by atoms with Gasteiger partial charge < -0.3 is 0 Å². The minimum Gasteiger partial charge on any atom is -0.0984 e. The van der Waals surface area contributed by atoms with Crippen molar-refractivity contribution in [2.45, 2.75) is 0 Å². The van der Waals surface area contributed by atoms with E-state index >= 15 is 0 Å². The fraction of sp³-hybridized carbons (Fsp3) is 0. The van der Waals surface area contributed by atoms with E-state index < -0.39 is 0 Å². The zero-order chi connectivity index (χ0) is 25.6. The summed E-state index contributed by atoms with van der Waals surface area (Å²) in [6.07, 6.45) is 3.97. The maximum absolute atomic E-state index is 4.25. The van der Waals surface area contributed by atoms with Crippen molar-refractivity contribution in [2.75, 3.05) is 0 Å². The van der Waals surface area contributed by atoms with Crippen LogP contribution in [0.5, 0.6) is 0 Å². The van der Waals surface area contributed by atoms with E-state index in [0.29, 0.717) is 0 Å². The van der Waals surface area contributed by atoms with Crippen molar-refractivity contribution in [3.63, 3.8) is 0 Å². The minimum absolute atomic E-state index is 1.11. The van der Waals surface area contributed by atoms with Crippen molar-refractivity contribution in [1.29, 1.82) is 0 Å². The number of fused-ring (bicyclic) bond motifs is 5. The van der Waals surface area contributed by atoms with Crippen LogP contribution in [0, 0.1) is 0 Å². The van der Waals surface area contributed by atoms with Gasteiger partial charge in [0.25, 0.3) is 0 Å². The predicted octanol–water partition coefficient (Wildman–Crippen LogP) is 10.9. The van der Waals surface area contributed by atoms with E-state index in [1.54, 1.807) is 0 Å². The van der Waals surface area contributed by atoms with Crippen LogP contribution < -0.4 is 0 Å². The van der Waals surface area contributed by atoms with E-state index in [-0.39, 0.29) is 0 Å². The third-order valence-corrected chi connectivity index (χ3v) is 7.77. The van der Waals surface area contributed by atoms with Crippen molar-refractivity contribution in [3.05, 3.63) is 146 Å². The summed E-state index contributed by atoms with van der Waals surface area (Å²) in [4.78, 5) is 0. The second-order valence-corrected chi connectivity index (χ2v) is 9.85. The van der Waals surface area contributed by atoms with Crippen LogP contribution in [-0.4, -0.2) is 0 Å². The monoisotopic (exact) mass is 482 g/mol. The van der Waals surface area contributed by atoms with Gasteiger partial charge in [-0.2, -0.15) is 0 Å². The van der Waals surface area contributed by atoms with Crippen molar-refractivity contribution >= 4 is 55.2 Å². The van der Waals surface area contributed by atoms with E-state index in [9.17, 15) is 0 Å². The number of rotatable bonds is 4. The maximum atomic E-state index is 4.25. The summed E-state index contributed by atoms with van der Waals surface area (Å²) in [5.41, 5.74) is 7.05. The maximum Gasteiger partial charge on any atom is -0.00923 e. The van der Waals surface area contributed by atoms with Crippen LogP contribution in [0.25, 0.3) is 77.5 Å². The molecule has 0 saturated heterocycles. The average Bonchev–Trinajstić information content (AvgIpc) is 2.99. The molecule has 0 aliphatic heterocycles. The average molecular weight is 483 g/mol. The highest BCUT2D eigenvalue weighted by atomic mass is 14.2. The van der Waals surface area contributed by atoms with Gasteiger partial charge in [-0.25, -0.2) is 0 Å². The van der Waals surface area contributed by atoms with Gasteiger partial charge in [0.1, 0.15) is 0 Å². The topological polar surface area (TPSA) is 0 Å². The molecule has 7 aromatic carbocycles. The quantitative estimate of drug-likeness (QED) is 0.219. The number of benzene rings is 7. The van der Waals surface area contributed by atoms with Gasteiger partial charge in [-0.1, -0.05) is 122 Å². The molecule has 0 heteroatoms. The molecule has 0 heterocycles. The molecule has 38 heavy (non-hydrogen) atoms. The highest BCUT2D eigenvalue weighted by Gasteiger charge is 2.16.